The zero-order valence-electron chi connectivity index (χ0n) is 11.3. The highest BCUT2D eigenvalue weighted by Gasteiger charge is 2.32. The van der Waals surface area contributed by atoms with Crippen molar-refractivity contribution in [2.24, 2.45) is 5.92 Å². The van der Waals surface area contributed by atoms with Crippen LogP contribution in [0.5, 0.6) is 0 Å². The Hall–Kier alpha value is -0.220. The van der Waals surface area contributed by atoms with Gasteiger partial charge in [-0.3, -0.25) is 4.90 Å². The minimum absolute atomic E-state index is 0. The van der Waals surface area contributed by atoms with Crippen LogP contribution in [0.2, 0.25) is 0 Å². The van der Waals surface area contributed by atoms with E-state index in [4.69, 9.17) is 0 Å². The van der Waals surface area contributed by atoms with Crippen LogP contribution in [0.15, 0.2) is 18.3 Å². The molecule has 2 N–H and O–H groups in total. The van der Waals surface area contributed by atoms with Crippen LogP contribution in [0.3, 0.4) is 0 Å². The average Bonchev–Trinajstić information content (AvgIpc) is 3.04. The van der Waals surface area contributed by atoms with Crippen molar-refractivity contribution in [3.8, 4) is 0 Å². The lowest BCUT2D eigenvalue weighted by molar-refractivity contribution is 0.123. The summed E-state index contributed by atoms with van der Waals surface area (Å²) in [5.74, 6) is 0.867. The number of aromatic amines is 1. The molecule has 1 saturated heterocycles. The van der Waals surface area contributed by atoms with Crippen molar-refractivity contribution in [3.05, 3.63) is 24.0 Å². The van der Waals surface area contributed by atoms with Crippen molar-refractivity contribution in [1.82, 2.24) is 15.2 Å². The third-order valence-electron chi connectivity index (χ3n) is 4.33. The van der Waals surface area contributed by atoms with Gasteiger partial charge in [-0.05, 0) is 30.9 Å². The van der Waals surface area contributed by atoms with Crippen molar-refractivity contribution in [2.75, 3.05) is 26.2 Å². The van der Waals surface area contributed by atoms with Crippen LogP contribution in [0, 0.1) is 5.92 Å². The molecule has 2 aliphatic rings. The summed E-state index contributed by atoms with van der Waals surface area (Å²) in [4.78, 5) is 6.13. The van der Waals surface area contributed by atoms with Gasteiger partial charge in [-0.2, -0.15) is 0 Å². The first kappa shape index (κ1) is 16.8. The van der Waals surface area contributed by atoms with Crippen molar-refractivity contribution < 1.29 is 0 Å². The molecule has 1 atom stereocenters. The first-order valence-corrected chi connectivity index (χ1v) is 7.03. The van der Waals surface area contributed by atoms with E-state index in [1.54, 1.807) is 0 Å². The van der Waals surface area contributed by atoms with Gasteiger partial charge < -0.3 is 10.3 Å². The van der Waals surface area contributed by atoms with E-state index in [9.17, 15) is 0 Å². The van der Waals surface area contributed by atoms with Gasteiger partial charge >= 0.3 is 0 Å². The summed E-state index contributed by atoms with van der Waals surface area (Å²) in [6.07, 6.45) is 7.74. The molecule has 2 heterocycles. The van der Waals surface area contributed by atoms with Crippen molar-refractivity contribution in [3.63, 3.8) is 0 Å². The van der Waals surface area contributed by atoms with E-state index < -0.39 is 0 Å². The highest BCUT2D eigenvalue weighted by molar-refractivity contribution is 5.85. The molecule has 1 aromatic rings. The Labute approximate surface area is 128 Å². The van der Waals surface area contributed by atoms with Gasteiger partial charge in [0.25, 0.3) is 0 Å². The summed E-state index contributed by atoms with van der Waals surface area (Å²) in [5, 5.41) is 3.45. The average molecular weight is 306 g/mol. The second-order valence-electron chi connectivity index (χ2n) is 5.40. The van der Waals surface area contributed by atoms with E-state index in [-0.39, 0.29) is 24.8 Å². The molecule has 3 rings (SSSR count). The molecule has 19 heavy (non-hydrogen) atoms. The first-order valence-electron chi connectivity index (χ1n) is 7.03. The lowest BCUT2D eigenvalue weighted by Gasteiger charge is -2.37. The Morgan fingerprint density at radius 3 is 2.37 bits per heavy atom. The summed E-state index contributed by atoms with van der Waals surface area (Å²) >= 11 is 0. The number of hydrogen-bond donors (Lipinski definition) is 2. The standard InChI is InChI=1S/C14H23N3.2ClH/c1-2-5-12(4-1)14(13-6-3-7-16-13)17-10-8-15-9-11-17;;/h3,6-7,12,14-16H,1-2,4-5,8-11H2;2*1H/t14-;;/m0../s1. The van der Waals surface area contributed by atoms with Crippen molar-refractivity contribution in [1.29, 1.82) is 0 Å². The molecule has 0 radical (unpaired) electrons. The van der Waals surface area contributed by atoms with E-state index in [1.165, 1.54) is 44.5 Å². The largest absolute Gasteiger partial charge is 0.364 e. The van der Waals surface area contributed by atoms with E-state index in [1.807, 2.05) is 0 Å². The second-order valence-corrected chi connectivity index (χ2v) is 5.40. The fourth-order valence-electron chi connectivity index (χ4n) is 3.51. The van der Waals surface area contributed by atoms with Gasteiger partial charge in [0.05, 0.1) is 6.04 Å². The molecule has 2 fully saturated rings. The first-order chi connectivity index (χ1) is 8.45. The molecular formula is C14H25Cl2N3. The summed E-state index contributed by atoms with van der Waals surface area (Å²) in [6.45, 7) is 4.67. The molecule has 0 amide bonds. The highest BCUT2D eigenvalue weighted by atomic mass is 35.5. The Morgan fingerprint density at radius 1 is 1.11 bits per heavy atom. The van der Waals surface area contributed by atoms with Crippen LogP contribution in [0.25, 0.3) is 0 Å². The Bertz CT molecular complexity index is 330. The van der Waals surface area contributed by atoms with Gasteiger partial charge in [0.15, 0.2) is 0 Å². The second kappa shape index (κ2) is 8.15. The van der Waals surface area contributed by atoms with Crippen LogP contribution in [-0.2, 0) is 0 Å². The molecule has 0 spiro atoms. The molecule has 1 saturated carbocycles. The van der Waals surface area contributed by atoms with Crippen LogP contribution in [0.4, 0.5) is 0 Å². The minimum atomic E-state index is 0. The van der Waals surface area contributed by atoms with Gasteiger partial charge in [0.2, 0.25) is 0 Å². The van der Waals surface area contributed by atoms with E-state index in [0.29, 0.717) is 6.04 Å². The van der Waals surface area contributed by atoms with E-state index >= 15 is 0 Å². The maximum absolute atomic E-state index is 3.45. The normalized spacial score (nSPS) is 22.5. The number of aromatic nitrogens is 1. The number of nitrogens with zero attached hydrogens (tertiary/aromatic N) is 1. The number of hydrogen-bond acceptors (Lipinski definition) is 2. The van der Waals surface area contributed by atoms with Gasteiger partial charge in [-0.25, -0.2) is 0 Å². The van der Waals surface area contributed by atoms with Crippen LogP contribution in [-0.4, -0.2) is 36.1 Å². The van der Waals surface area contributed by atoms with Gasteiger partial charge in [-0.1, -0.05) is 12.8 Å². The number of halogens is 2. The fraction of sp³-hybridized carbons (Fsp3) is 0.714. The molecule has 110 valence electrons. The molecule has 0 unspecified atom stereocenters. The van der Waals surface area contributed by atoms with Gasteiger partial charge in [0.1, 0.15) is 0 Å². The van der Waals surface area contributed by atoms with Crippen molar-refractivity contribution >= 4 is 24.8 Å². The molecule has 0 aromatic carbocycles. The molecule has 1 aliphatic carbocycles. The summed E-state index contributed by atoms with van der Waals surface area (Å²) in [5.41, 5.74) is 1.43. The Balaban J connectivity index is 0.000000902. The quantitative estimate of drug-likeness (QED) is 0.899. The van der Waals surface area contributed by atoms with Crippen molar-refractivity contribution in [2.45, 2.75) is 31.7 Å². The summed E-state index contributed by atoms with van der Waals surface area (Å²) < 4.78 is 0. The SMILES string of the molecule is Cl.Cl.c1c[nH]c([C@H](C2CCCC2)N2CCNCC2)c1. The monoisotopic (exact) mass is 305 g/mol. The third-order valence-corrected chi connectivity index (χ3v) is 4.33. The van der Waals surface area contributed by atoms with Crippen LogP contribution in [0.1, 0.15) is 37.4 Å². The highest BCUT2D eigenvalue weighted by Crippen LogP contribution is 2.38. The Kier molecular flexibility index (Phi) is 7.22. The summed E-state index contributed by atoms with van der Waals surface area (Å²) in [6, 6.07) is 5.04. The number of nitrogens with one attached hydrogen (secondary N) is 2. The molecular weight excluding hydrogens is 281 g/mol. The fourth-order valence-corrected chi connectivity index (χ4v) is 3.51. The van der Waals surface area contributed by atoms with Gasteiger partial charge in [-0.15, -0.1) is 24.8 Å². The minimum Gasteiger partial charge on any atom is -0.364 e. The predicted molar refractivity (Wildman–Crippen MR) is 84.4 cm³/mol. The number of rotatable bonds is 3. The molecule has 1 aliphatic heterocycles. The van der Waals surface area contributed by atoms with Gasteiger partial charge in [0, 0.05) is 38.1 Å². The molecule has 5 heteroatoms. The lowest BCUT2D eigenvalue weighted by Crippen LogP contribution is -2.46. The van der Waals surface area contributed by atoms with Crippen LogP contribution >= 0.6 is 24.8 Å². The lowest BCUT2D eigenvalue weighted by atomic mass is 9.93. The summed E-state index contributed by atoms with van der Waals surface area (Å²) in [7, 11) is 0. The number of piperazine rings is 1. The van der Waals surface area contributed by atoms with E-state index in [2.05, 4.69) is 33.5 Å². The molecule has 3 nitrogen and oxygen atoms in total. The van der Waals surface area contributed by atoms with E-state index in [0.717, 1.165) is 19.0 Å². The zero-order chi connectivity index (χ0) is 11.5. The number of H-pyrrole nitrogens is 1. The van der Waals surface area contributed by atoms with Crippen LogP contribution < -0.4 is 5.32 Å². The zero-order valence-corrected chi connectivity index (χ0v) is 12.9. The topological polar surface area (TPSA) is 31.1 Å². The third kappa shape index (κ3) is 3.88. The maximum Gasteiger partial charge on any atom is 0.0527 e. The molecule has 0 bridgehead atoms. The molecule has 1 aromatic heterocycles. The maximum atomic E-state index is 3.45. The smallest absolute Gasteiger partial charge is 0.0527 e. The predicted octanol–water partition coefficient (Wildman–Crippen LogP) is 2.99. The Morgan fingerprint density at radius 2 is 1.79 bits per heavy atom.